The molecular weight excluding hydrogens is 174 g/mol. The Hall–Kier alpha value is -0.830. The lowest BCUT2D eigenvalue weighted by molar-refractivity contribution is 0.0979. The molecule has 2 rings (SSSR count). The van der Waals surface area contributed by atoms with E-state index in [4.69, 9.17) is 0 Å². The predicted octanol–water partition coefficient (Wildman–Crippen LogP) is 1.21. The fourth-order valence-corrected chi connectivity index (χ4v) is 2.10. The molecule has 0 aliphatic carbocycles. The molecule has 0 unspecified atom stereocenters. The highest BCUT2D eigenvalue weighted by Gasteiger charge is 2.40. The summed E-state index contributed by atoms with van der Waals surface area (Å²) >= 11 is 0. The molecule has 0 saturated carbocycles. The minimum atomic E-state index is 0.453. The van der Waals surface area contributed by atoms with Crippen molar-refractivity contribution in [1.82, 2.24) is 15.1 Å². The molecule has 2 heterocycles. The lowest BCUT2D eigenvalue weighted by Crippen LogP contribution is -2.57. The van der Waals surface area contributed by atoms with Gasteiger partial charge in [0.15, 0.2) is 0 Å². The van der Waals surface area contributed by atoms with Gasteiger partial charge in [0, 0.05) is 31.7 Å². The Kier molecular flexibility index (Phi) is 2.35. The van der Waals surface area contributed by atoms with E-state index in [9.17, 15) is 0 Å². The molecule has 1 N–H and O–H groups in total. The van der Waals surface area contributed by atoms with E-state index in [-0.39, 0.29) is 0 Å². The summed E-state index contributed by atoms with van der Waals surface area (Å²) in [5.41, 5.74) is 1.68. The van der Waals surface area contributed by atoms with Crippen LogP contribution >= 0.6 is 0 Å². The van der Waals surface area contributed by atoms with Crippen molar-refractivity contribution in [3.05, 3.63) is 18.0 Å². The molecule has 0 amide bonds. The van der Waals surface area contributed by atoms with Crippen LogP contribution in [0.5, 0.6) is 0 Å². The van der Waals surface area contributed by atoms with Crippen LogP contribution in [0.3, 0.4) is 0 Å². The van der Waals surface area contributed by atoms with Gasteiger partial charge in [0.25, 0.3) is 0 Å². The van der Waals surface area contributed by atoms with Gasteiger partial charge in [0.2, 0.25) is 0 Å². The molecule has 0 aromatic carbocycles. The smallest absolute Gasteiger partial charge is 0.0631 e. The van der Waals surface area contributed by atoms with Crippen LogP contribution in [-0.2, 0) is 13.5 Å². The van der Waals surface area contributed by atoms with E-state index in [0.29, 0.717) is 5.41 Å². The molecule has 1 aromatic heterocycles. The standard InChI is InChI=1S/C11H19N3/c1-9(2)11(7-12-8-11)6-10-4-5-14(3)13-10/h4-5,9,12H,6-8H2,1-3H3. The molecule has 1 saturated heterocycles. The number of nitrogens with one attached hydrogen (secondary N) is 1. The van der Waals surface area contributed by atoms with E-state index < -0.39 is 0 Å². The first kappa shape index (κ1) is 9.71. The van der Waals surface area contributed by atoms with Crippen molar-refractivity contribution in [2.45, 2.75) is 20.3 Å². The van der Waals surface area contributed by atoms with Crippen LogP contribution < -0.4 is 5.32 Å². The molecule has 0 bridgehead atoms. The molecule has 0 spiro atoms. The van der Waals surface area contributed by atoms with Gasteiger partial charge in [-0.05, 0) is 18.4 Å². The molecular formula is C11H19N3. The molecule has 1 aromatic rings. The van der Waals surface area contributed by atoms with Gasteiger partial charge in [0.05, 0.1) is 5.69 Å². The van der Waals surface area contributed by atoms with Gasteiger partial charge >= 0.3 is 0 Å². The lowest BCUT2D eigenvalue weighted by atomic mass is 9.69. The summed E-state index contributed by atoms with van der Waals surface area (Å²) in [5.74, 6) is 0.728. The average molecular weight is 193 g/mol. The SMILES string of the molecule is CC(C)C1(Cc2ccn(C)n2)CNC1. The summed E-state index contributed by atoms with van der Waals surface area (Å²) in [5, 5.41) is 7.82. The van der Waals surface area contributed by atoms with Crippen molar-refractivity contribution in [1.29, 1.82) is 0 Å². The first-order valence-electron chi connectivity index (χ1n) is 5.32. The Balaban J connectivity index is 2.08. The normalized spacial score (nSPS) is 19.7. The molecule has 78 valence electrons. The maximum atomic E-state index is 4.45. The quantitative estimate of drug-likeness (QED) is 0.782. The number of rotatable bonds is 3. The van der Waals surface area contributed by atoms with Crippen molar-refractivity contribution in [2.75, 3.05) is 13.1 Å². The summed E-state index contributed by atoms with van der Waals surface area (Å²) in [4.78, 5) is 0. The molecule has 14 heavy (non-hydrogen) atoms. The number of nitrogens with zero attached hydrogens (tertiary/aromatic N) is 2. The highest BCUT2D eigenvalue weighted by atomic mass is 15.2. The number of aromatic nitrogens is 2. The Morgan fingerprint density at radius 2 is 2.29 bits per heavy atom. The second kappa shape index (κ2) is 3.39. The van der Waals surface area contributed by atoms with Gasteiger partial charge in [-0.3, -0.25) is 4.68 Å². The maximum Gasteiger partial charge on any atom is 0.0631 e. The van der Waals surface area contributed by atoms with Crippen LogP contribution in [0.2, 0.25) is 0 Å². The van der Waals surface area contributed by atoms with Crippen molar-refractivity contribution >= 4 is 0 Å². The zero-order valence-electron chi connectivity index (χ0n) is 9.25. The Morgan fingerprint density at radius 1 is 1.57 bits per heavy atom. The highest BCUT2D eigenvalue weighted by molar-refractivity contribution is 5.08. The molecule has 0 atom stereocenters. The first-order valence-corrected chi connectivity index (χ1v) is 5.32. The van der Waals surface area contributed by atoms with E-state index >= 15 is 0 Å². The van der Waals surface area contributed by atoms with Gasteiger partial charge in [-0.15, -0.1) is 0 Å². The minimum Gasteiger partial charge on any atom is -0.315 e. The van der Waals surface area contributed by atoms with E-state index in [2.05, 4.69) is 30.3 Å². The van der Waals surface area contributed by atoms with Gasteiger partial charge in [-0.2, -0.15) is 5.10 Å². The lowest BCUT2D eigenvalue weighted by Gasteiger charge is -2.46. The Labute approximate surface area is 85.5 Å². The third-order valence-electron chi connectivity index (χ3n) is 3.48. The average Bonchev–Trinajstić information content (AvgIpc) is 2.43. The van der Waals surface area contributed by atoms with Gasteiger partial charge in [0.1, 0.15) is 0 Å². The molecule has 0 radical (unpaired) electrons. The van der Waals surface area contributed by atoms with Crippen LogP contribution in [-0.4, -0.2) is 22.9 Å². The van der Waals surface area contributed by atoms with Crippen LogP contribution in [0.25, 0.3) is 0 Å². The Bertz CT molecular complexity index is 310. The number of hydrogen-bond acceptors (Lipinski definition) is 2. The van der Waals surface area contributed by atoms with Crippen molar-refractivity contribution < 1.29 is 0 Å². The molecule has 1 fully saturated rings. The second-order valence-corrected chi connectivity index (χ2v) is 4.78. The van der Waals surface area contributed by atoms with Crippen LogP contribution in [0.4, 0.5) is 0 Å². The Morgan fingerprint density at radius 3 is 2.64 bits per heavy atom. The fraction of sp³-hybridized carbons (Fsp3) is 0.727. The zero-order chi connectivity index (χ0) is 10.2. The monoisotopic (exact) mass is 193 g/mol. The van der Waals surface area contributed by atoms with Gasteiger partial charge in [-0.1, -0.05) is 13.8 Å². The number of aryl methyl sites for hydroxylation is 1. The molecule has 3 heteroatoms. The first-order chi connectivity index (χ1) is 6.62. The molecule has 3 nitrogen and oxygen atoms in total. The van der Waals surface area contributed by atoms with E-state index in [1.807, 2.05) is 17.9 Å². The van der Waals surface area contributed by atoms with E-state index in [0.717, 1.165) is 25.4 Å². The summed E-state index contributed by atoms with van der Waals surface area (Å²) < 4.78 is 1.88. The minimum absolute atomic E-state index is 0.453. The molecule has 1 aliphatic rings. The van der Waals surface area contributed by atoms with E-state index in [1.165, 1.54) is 5.69 Å². The highest BCUT2D eigenvalue weighted by Crippen LogP contribution is 2.35. The summed E-state index contributed by atoms with van der Waals surface area (Å²) in [7, 11) is 1.98. The summed E-state index contributed by atoms with van der Waals surface area (Å²) in [6.45, 7) is 6.90. The largest absolute Gasteiger partial charge is 0.315 e. The van der Waals surface area contributed by atoms with Gasteiger partial charge < -0.3 is 5.32 Å². The summed E-state index contributed by atoms with van der Waals surface area (Å²) in [6.07, 6.45) is 3.13. The van der Waals surface area contributed by atoms with Crippen LogP contribution in [0.1, 0.15) is 19.5 Å². The van der Waals surface area contributed by atoms with Crippen LogP contribution in [0, 0.1) is 11.3 Å². The van der Waals surface area contributed by atoms with Gasteiger partial charge in [-0.25, -0.2) is 0 Å². The predicted molar refractivity (Wildman–Crippen MR) is 57.1 cm³/mol. The van der Waals surface area contributed by atoms with E-state index in [1.54, 1.807) is 0 Å². The topological polar surface area (TPSA) is 29.9 Å². The van der Waals surface area contributed by atoms with Crippen LogP contribution in [0.15, 0.2) is 12.3 Å². The number of hydrogen-bond donors (Lipinski definition) is 1. The molecule has 1 aliphatic heterocycles. The third kappa shape index (κ3) is 1.57. The van der Waals surface area contributed by atoms with Crippen molar-refractivity contribution in [3.63, 3.8) is 0 Å². The zero-order valence-corrected chi connectivity index (χ0v) is 9.25. The maximum absolute atomic E-state index is 4.45. The fourth-order valence-electron chi connectivity index (χ4n) is 2.10. The van der Waals surface area contributed by atoms with Crippen molar-refractivity contribution in [2.24, 2.45) is 18.4 Å². The summed E-state index contributed by atoms with van der Waals surface area (Å²) in [6, 6.07) is 2.13. The third-order valence-corrected chi connectivity index (χ3v) is 3.48. The second-order valence-electron chi connectivity index (χ2n) is 4.78. The van der Waals surface area contributed by atoms with Crippen molar-refractivity contribution in [3.8, 4) is 0 Å².